The average Bonchev–Trinajstić information content (AvgIpc) is 3.71. The summed E-state index contributed by atoms with van der Waals surface area (Å²) in [6, 6.07) is 37.8. The summed E-state index contributed by atoms with van der Waals surface area (Å²) in [5.41, 5.74) is 7.07. The molecule has 5 aromatic carbocycles. The third-order valence-corrected chi connectivity index (χ3v) is 6.94. The number of ether oxygens (including phenoxy) is 1. The van der Waals surface area contributed by atoms with Crippen LogP contribution in [-0.4, -0.2) is 12.7 Å². The maximum atomic E-state index is 5.54. The molecule has 5 aromatic rings. The summed E-state index contributed by atoms with van der Waals surface area (Å²) in [7, 11) is 0. The predicted molar refractivity (Wildman–Crippen MR) is 139 cm³/mol. The normalized spacial score (nSPS) is 15.2. The van der Waals surface area contributed by atoms with Crippen molar-refractivity contribution in [1.29, 1.82) is 0 Å². The van der Waals surface area contributed by atoms with Gasteiger partial charge in [-0.15, -0.1) is 0 Å². The van der Waals surface area contributed by atoms with Crippen molar-refractivity contribution in [3.8, 4) is 11.1 Å². The summed E-state index contributed by atoms with van der Waals surface area (Å²) >= 11 is 0. The number of hydrogen-bond acceptors (Lipinski definition) is 1. The van der Waals surface area contributed by atoms with Gasteiger partial charge in [0.15, 0.2) is 0 Å². The second kappa shape index (κ2) is 8.84. The van der Waals surface area contributed by atoms with E-state index in [2.05, 4.69) is 103 Å². The molecular weight excluding hydrogens is 400 g/mol. The summed E-state index contributed by atoms with van der Waals surface area (Å²) in [4.78, 5) is 0. The standard InChI is InChI=1S/C32H28O/c1-2-8-23(9-3-1)14-15-26-18-16-24-10-4-6-12-29(24)31(26)32-27(20-21-28-22-33-28)19-17-25-11-5-7-13-30(25)32/h1-13,16-19,28H,14-15,20-22H2. The van der Waals surface area contributed by atoms with Gasteiger partial charge in [-0.1, -0.05) is 103 Å². The summed E-state index contributed by atoms with van der Waals surface area (Å²) in [6.07, 6.45) is 4.65. The zero-order chi connectivity index (χ0) is 22.0. The van der Waals surface area contributed by atoms with E-state index in [4.69, 9.17) is 4.74 Å². The minimum atomic E-state index is 0.439. The van der Waals surface area contributed by atoms with E-state index in [-0.39, 0.29) is 0 Å². The van der Waals surface area contributed by atoms with Crippen molar-refractivity contribution in [2.75, 3.05) is 6.61 Å². The fraction of sp³-hybridized carbons (Fsp3) is 0.188. The highest BCUT2D eigenvalue weighted by Crippen LogP contribution is 2.40. The molecule has 162 valence electrons. The molecule has 1 nitrogen and oxygen atoms in total. The maximum absolute atomic E-state index is 5.54. The topological polar surface area (TPSA) is 12.5 Å². The van der Waals surface area contributed by atoms with Gasteiger partial charge in [0.05, 0.1) is 12.7 Å². The number of benzene rings is 5. The molecule has 1 heteroatoms. The third kappa shape index (κ3) is 4.17. The molecule has 0 N–H and O–H groups in total. The molecule has 0 bridgehead atoms. The van der Waals surface area contributed by atoms with Crippen LogP contribution in [0.15, 0.2) is 103 Å². The van der Waals surface area contributed by atoms with E-state index in [1.54, 1.807) is 0 Å². The molecule has 0 aromatic heterocycles. The number of fused-ring (bicyclic) bond motifs is 2. The Bertz CT molecular complexity index is 1410. The van der Waals surface area contributed by atoms with Crippen LogP contribution in [-0.2, 0) is 24.0 Å². The molecule has 33 heavy (non-hydrogen) atoms. The lowest BCUT2D eigenvalue weighted by atomic mass is 9.84. The van der Waals surface area contributed by atoms with Crippen LogP contribution in [0.3, 0.4) is 0 Å². The lowest BCUT2D eigenvalue weighted by Gasteiger charge is -2.19. The Morgan fingerprint density at radius 2 is 1.09 bits per heavy atom. The Kier molecular flexibility index (Phi) is 5.41. The van der Waals surface area contributed by atoms with Gasteiger partial charge >= 0.3 is 0 Å². The summed E-state index contributed by atoms with van der Waals surface area (Å²) in [6.45, 7) is 0.916. The van der Waals surface area contributed by atoms with E-state index in [1.807, 2.05) is 0 Å². The first kappa shape index (κ1) is 20.2. The molecule has 6 rings (SSSR count). The highest BCUT2D eigenvalue weighted by molar-refractivity contribution is 6.07. The maximum Gasteiger partial charge on any atom is 0.0813 e. The molecule has 1 atom stereocenters. The van der Waals surface area contributed by atoms with Gasteiger partial charge < -0.3 is 4.74 Å². The molecule has 0 spiro atoms. The van der Waals surface area contributed by atoms with Crippen LogP contribution in [0, 0.1) is 0 Å². The number of hydrogen-bond donors (Lipinski definition) is 0. The van der Waals surface area contributed by atoms with Gasteiger partial charge in [0.2, 0.25) is 0 Å². The second-order valence-corrected chi connectivity index (χ2v) is 9.12. The fourth-order valence-corrected chi connectivity index (χ4v) is 5.12. The van der Waals surface area contributed by atoms with Crippen molar-refractivity contribution in [1.82, 2.24) is 0 Å². The Morgan fingerprint density at radius 3 is 1.70 bits per heavy atom. The summed E-state index contributed by atoms with van der Waals surface area (Å²) in [5, 5.41) is 5.31. The first-order valence-electron chi connectivity index (χ1n) is 12.0. The number of aryl methyl sites for hydroxylation is 3. The largest absolute Gasteiger partial charge is 0.373 e. The van der Waals surface area contributed by atoms with Crippen molar-refractivity contribution in [3.05, 3.63) is 120 Å². The van der Waals surface area contributed by atoms with Crippen LogP contribution >= 0.6 is 0 Å². The molecule has 1 fully saturated rings. The van der Waals surface area contributed by atoms with Crippen LogP contribution < -0.4 is 0 Å². The van der Waals surface area contributed by atoms with E-state index in [1.165, 1.54) is 49.4 Å². The van der Waals surface area contributed by atoms with Gasteiger partial charge in [-0.3, -0.25) is 0 Å². The molecule has 0 aliphatic carbocycles. The van der Waals surface area contributed by atoms with Crippen molar-refractivity contribution in [2.45, 2.75) is 31.8 Å². The molecule has 1 aliphatic heterocycles. The quantitative estimate of drug-likeness (QED) is 0.241. The molecule has 1 heterocycles. The Hall–Kier alpha value is -3.42. The zero-order valence-corrected chi connectivity index (χ0v) is 18.8. The van der Waals surface area contributed by atoms with Gasteiger partial charge in [0.1, 0.15) is 0 Å². The van der Waals surface area contributed by atoms with E-state index >= 15 is 0 Å². The van der Waals surface area contributed by atoms with E-state index < -0.39 is 0 Å². The lowest BCUT2D eigenvalue weighted by molar-refractivity contribution is 0.397. The minimum Gasteiger partial charge on any atom is -0.373 e. The van der Waals surface area contributed by atoms with Crippen LogP contribution in [0.1, 0.15) is 23.1 Å². The molecular formula is C32H28O. The minimum absolute atomic E-state index is 0.439. The molecule has 1 saturated heterocycles. The third-order valence-electron chi connectivity index (χ3n) is 6.94. The zero-order valence-electron chi connectivity index (χ0n) is 18.8. The van der Waals surface area contributed by atoms with Gasteiger partial charge in [-0.05, 0) is 75.0 Å². The molecule has 0 amide bonds. The first-order valence-corrected chi connectivity index (χ1v) is 12.0. The summed E-state index contributed by atoms with van der Waals surface area (Å²) < 4.78 is 5.54. The van der Waals surface area contributed by atoms with Crippen molar-refractivity contribution < 1.29 is 4.74 Å². The van der Waals surface area contributed by atoms with Gasteiger partial charge in [-0.2, -0.15) is 0 Å². The van der Waals surface area contributed by atoms with Crippen LogP contribution in [0.4, 0.5) is 0 Å². The molecule has 0 radical (unpaired) electrons. The van der Waals surface area contributed by atoms with Gasteiger partial charge in [0, 0.05) is 0 Å². The fourth-order valence-electron chi connectivity index (χ4n) is 5.12. The summed E-state index contributed by atoms with van der Waals surface area (Å²) in [5.74, 6) is 0. The first-order chi connectivity index (χ1) is 16.4. The second-order valence-electron chi connectivity index (χ2n) is 9.12. The Morgan fingerprint density at radius 1 is 0.545 bits per heavy atom. The van der Waals surface area contributed by atoms with E-state index in [0.717, 1.165) is 32.3 Å². The highest BCUT2D eigenvalue weighted by Gasteiger charge is 2.23. The van der Waals surface area contributed by atoms with Gasteiger partial charge in [0.25, 0.3) is 0 Å². The monoisotopic (exact) mass is 428 g/mol. The van der Waals surface area contributed by atoms with E-state index in [0.29, 0.717) is 6.10 Å². The van der Waals surface area contributed by atoms with Crippen LogP contribution in [0.5, 0.6) is 0 Å². The van der Waals surface area contributed by atoms with E-state index in [9.17, 15) is 0 Å². The number of rotatable bonds is 7. The predicted octanol–water partition coefficient (Wildman–Crippen LogP) is 7.78. The van der Waals surface area contributed by atoms with Crippen LogP contribution in [0.2, 0.25) is 0 Å². The van der Waals surface area contributed by atoms with Crippen LogP contribution in [0.25, 0.3) is 32.7 Å². The molecule has 0 saturated carbocycles. The Labute approximate surface area is 195 Å². The average molecular weight is 429 g/mol. The molecule has 1 unspecified atom stereocenters. The SMILES string of the molecule is c1ccc(CCc2ccc3ccccc3c2-c2c(CCC3CO3)ccc3ccccc23)cc1. The lowest BCUT2D eigenvalue weighted by Crippen LogP contribution is -2.00. The highest BCUT2D eigenvalue weighted by atomic mass is 16.6. The number of epoxide rings is 1. The van der Waals surface area contributed by atoms with Gasteiger partial charge in [-0.25, -0.2) is 0 Å². The van der Waals surface area contributed by atoms with Crippen molar-refractivity contribution in [2.24, 2.45) is 0 Å². The van der Waals surface area contributed by atoms with Crippen molar-refractivity contribution >= 4 is 21.5 Å². The smallest absolute Gasteiger partial charge is 0.0813 e. The Balaban J connectivity index is 1.55. The molecule has 1 aliphatic rings. The van der Waals surface area contributed by atoms with Crippen molar-refractivity contribution in [3.63, 3.8) is 0 Å².